The lowest BCUT2D eigenvalue weighted by atomic mass is 10.1. The van der Waals surface area contributed by atoms with E-state index in [-0.39, 0.29) is 24.0 Å². The topological polar surface area (TPSA) is 81.9 Å². The average molecular weight is 565 g/mol. The molecule has 2 N–H and O–H groups in total. The summed E-state index contributed by atoms with van der Waals surface area (Å²) in [6.07, 6.45) is 5.58. The number of aromatic nitrogens is 2. The standard InChI is InChI=1S/C24H31N5O3.HI/c1-5-26-24(28-15-20-12-21(30-2)23(32-4)22(13-20)31-3)27-14-18-7-6-8-19(11-18)16-29-10-9-25-17-29;/h6-13,17H,5,14-16H2,1-4H3,(H2,26,27,28);1H. The fourth-order valence-corrected chi connectivity index (χ4v) is 3.35. The van der Waals surface area contributed by atoms with Crippen LogP contribution in [0.15, 0.2) is 60.1 Å². The quantitative estimate of drug-likeness (QED) is 0.221. The van der Waals surface area contributed by atoms with Crippen LogP contribution < -0.4 is 24.8 Å². The van der Waals surface area contributed by atoms with Crippen LogP contribution in [0.25, 0.3) is 0 Å². The van der Waals surface area contributed by atoms with Crippen LogP contribution in [0.4, 0.5) is 0 Å². The Bertz CT molecular complexity index is 1000. The number of imidazole rings is 1. The molecule has 0 spiro atoms. The molecule has 2 aromatic carbocycles. The van der Waals surface area contributed by atoms with Gasteiger partial charge in [-0.3, -0.25) is 0 Å². The van der Waals surface area contributed by atoms with Crippen LogP contribution >= 0.6 is 24.0 Å². The molecule has 3 aromatic rings. The second-order valence-corrected chi connectivity index (χ2v) is 7.14. The molecule has 0 unspecified atom stereocenters. The summed E-state index contributed by atoms with van der Waals surface area (Å²) in [6, 6.07) is 12.3. The number of aliphatic imine (C=N–C) groups is 1. The monoisotopic (exact) mass is 565 g/mol. The molecule has 0 atom stereocenters. The predicted molar refractivity (Wildman–Crippen MR) is 141 cm³/mol. The second kappa shape index (κ2) is 13.6. The molecule has 0 bridgehead atoms. The Kier molecular flexibility index (Phi) is 10.8. The third kappa shape index (κ3) is 7.55. The summed E-state index contributed by atoms with van der Waals surface area (Å²) in [5.41, 5.74) is 3.36. The highest BCUT2D eigenvalue weighted by atomic mass is 127. The van der Waals surface area contributed by atoms with Gasteiger partial charge in [-0.1, -0.05) is 24.3 Å². The predicted octanol–water partition coefficient (Wildman–Crippen LogP) is 3.83. The van der Waals surface area contributed by atoms with E-state index in [0.29, 0.717) is 30.3 Å². The largest absolute Gasteiger partial charge is 0.493 e. The number of benzene rings is 2. The van der Waals surface area contributed by atoms with Crippen molar-refractivity contribution in [1.29, 1.82) is 0 Å². The van der Waals surface area contributed by atoms with Crippen LogP contribution in [-0.2, 0) is 19.6 Å². The number of nitrogens with one attached hydrogen (secondary N) is 2. The van der Waals surface area contributed by atoms with Crippen LogP contribution in [0.5, 0.6) is 17.2 Å². The molecule has 0 aliphatic rings. The first-order chi connectivity index (χ1) is 15.7. The van der Waals surface area contributed by atoms with Crippen LogP contribution in [-0.4, -0.2) is 43.4 Å². The van der Waals surface area contributed by atoms with Crippen molar-refractivity contribution in [1.82, 2.24) is 20.2 Å². The highest BCUT2D eigenvalue weighted by Crippen LogP contribution is 2.38. The lowest BCUT2D eigenvalue weighted by Gasteiger charge is -2.15. The first-order valence-electron chi connectivity index (χ1n) is 10.5. The minimum absolute atomic E-state index is 0. The molecule has 0 aliphatic heterocycles. The first kappa shape index (κ1) is 26.3. The maximum Gasteiger partial charge on any atom is 0.203 e. The number of halogens is 1. The van der Waals surface area contributed by atoms with Gasteiger partial charge in [0.15, 0.2) is 17.5 Å². The van der Waals surface area contributed by atoms with Gasteiger partial charge in [-0.15, -0.1) is 24.0 Å². The lowest BCUT2D eigenvalue weighted by Crippen LogP contribution is -2.36. The molecule has 0 radical (unpaired) electrons. The molecule has 1 heterocycles. The highest BCUT2D eigenvalue weighted by molar-refractivity contribution is 14.0. The van der Waals surface area contributed by atoms with Gasteiger partial charge in [0.05, 0.1) is 34.2 Å². The Labute approximate surface area is 212 Å². The first-order valence-corrected chi connectivity index (χ1v) is 10.5. The normalized spacial score (nSPS) is 10.8. The van der Waals surface area contributed by atoms with Crippen molar-refractivity contribution in [3.63, 3.8) is 0 Å². The van der Waals surface area contributed by atoms with Crippen molar-refractivity contribution < 1.29 is 14.2 Å². The summed E-state index contributed by atoms with van der Waals surface area (Å²) in [7, 11) is 4.81. The van der Waals surface area contributed by atoms with Crippen molar-refractivity contribution in [3.05, 3.63) is 71.8 Å². The molecule has 0 saturated heterocycles. The van der Waals surface area contributed by atoms with E-state index in [2.05, 4.69) is 44.5 Å². The Morgan fingerprint density at radius 3 is 2.30 bits per heavy atom. The van der Waals surface area contributed by atoms with Gasteiger partial charge in [0.25, 0.3) is 0 Å². The fourth-order valence-electron chi connectivity index (χ4n) is 3.35. The van der Waals surface area contributed by atoms with Gasteiger partial charge in [-0.05, 0) is 35.7 Å². The van der Waals surface area contributed by atoms with Gasteiger partial charge in [-0.2, -0.15) is 0 Å². The highest BCUT2D eigenvalue weighted by Gasteiger charge is 2.13. The SMILES string of the molecule is CCNC(=NCc1cc(OC)c(OC)c(OC)c1)NCc1cccc(Cn2ccnc2)c1.I. The van der Waals surface area contributed by atoms with E-state index in [0.717, 1.165) is 24.6 Å². The number of rotatable bonds is 10. The Balaban J connectivity index is 0.00000385. The van der Waals surface area contributed by atoms with E-state index >= 15 is 0 Å². The van der Waals surface area contributed by atoms with Crippen molar-refractivity contribution >= 4 is 29.9 Å². The van der Waals surface area contributed by atoms with Crippen molar-refractivity contribution in [2.75, 3.05) is 27.9 Å². The molecule has 0 fully saturated rings. The van der Waals surface area contributed by atoms with E-state index in [1.54, 1.807) is 27.5 Å². The number of methoxy groups -OCH3 is 3. The summed E-state index contributed by atoms with van der Waals surface area (Å²) in [6.45, 7) is 4.73. The summed E-state index contributed by atoms with van der Waals surface area (Å²) < 4.78 is 18.3. The van der Waals surface area contributed by atoms with E-state index in [9.17, 15) is 0 Å². The Hall–Kier alpha value is -2.95. The van der Waals surface area contributed by atoms with Gasteiger partial charge >= 0.3 is 0 Å². The average Bonchev–Trinajstić information content (AvgIpc) is 3.33. The molecule has 9 heteroatoms. The number of nitrogens with zero attached hydrogens (tertiary/aromatic N) is 3. The summed E-state index contributed by atoms with van der Waals surface area (Å²) in [5.74, 6) is 2.54. The molecule has 3 rings (SSSR count). The van der Waals surface area contributed by atoms with E-state index in [4.69, 9.17) is 19.2 Å². The van der Waals surface area contributed by atoms with Crippen LogP contribution in [0.1, 0.15) is 23.6 Å². The number of ether oxygens (including phenoxy) is 3. The summed E-state index contributed by atoms with van der Waals surface area (Å²) in [5, 5.41) is 6.70. The number of hydrogen-bond donors (Lipinski definition) is 2. The number of hydrogen-bond acceptors (Lipinski definition) is 5. The van der Waals surface area contributed by atoms with Gasteiger partial charge in [0.2, 0.25) is 5.75 Å². The third-order valence-electron chi connectivity index (χ3n) is 4.86. The fraction of sp³-hybridized carbons (Fsp3) is 0.333. The van der Waals surface area contributed by atoms with Crippen molar-refractivity contribution in [2.45, 2.75) is 26.6 Å². The molecule has 33 heavy (non-hydrogen) atoms. The molecule has 0 aliphatic carbocycles. The van der Waals surface area contributed by atoms with Crippen LogP contribution in [0.2, 0.25) is 0 Å². The molecule has 0 saturated carbocycles. The zero-order chi connectivity index (χ0) is 22.8. The van der Waals surface area contributed by atoms with Gasteiger partial charge in [0.1, 0.15) is 0 Å². The lowest BCUT2D eigenvalue weighted by molar-refractivity contribution is 0.324. The Morgan fingerprint density at radius 2 is 1.70 bits per heavy atom. The number of guanidine groups is 1. The zero-order valence-corrected chi connectivity index (χ0v) is 21.8. The maximum absolute atomic E-state index is 5.44. The molecule has 8 nitrogen and oxygen atoms in total. The van der Waals surface area contributed by atoms with Crippen molar-refractivity contribution in [3.8, 4) is 17.2 Å². The van der Waals surface area contributed by atoms with E-state index < -0.39 is 0 Å². The molecular formula is C24H32IN5O3. The minimum atomic E-state index is 0. The zero-order valence-electron chi connectivity index (χ0n) is 19.5. The summed E-state index contributed by atoms with van der Waals surface area (Å²) in [4.78, 5) is 8.82. The van der Waals surface area contributed by atoms with E-state index in [1.165, 1.54) is 11.1 Å². The maximum atomic E-state index is 5.44. The van der Waals surface area contributed by atoms with Gasteiger partial charge in [-0.25, -0.2) is 9.98 Å². The molecule has 178 valence electrons. The van der Waals surface area contributed by atoms with Gasteiger partial charge < -0.3 is 29.4 Å². The molecule has 0 amide bonds. The third-order valence-corrected chi connectivity index (χ3v) is 4.86. The Morgan fingerprint density at radius 1 is 0.970 bits per heavy atom. The smallest absolute Gasteiger partial charge is 0.203 e. The van der Waals surface area contributed by atoms with Crippen LogP contribution in [0, 0.1) is 0 Å². The molecule has 1 aromatic heterocycles. The van der Waals surface area contributed by atoms with Gasteiger partial charge in [0, 0.05) is 32.0 Å². The van der Waals surface area contributed by atoms with E-state index in [1.807, 2.05) is 31.6 Å². The van der Waals surface area contributed by atoms with Crippen molar-refractivity contribution in [2.24, 2.45) is 4.99 Å². The van der Waals surface area contributed by atoms with Crippen LogP contribution in [0.3, 0.4) is 0 Å². The second-order valence-electron chi connectivity index (χ2n) is 7.14. The minimum Gasteiger partial charge on any atom is -0.493 e. The molecular weight excluding hydrogens is 533 g/mol. The summed E-state index contributed by atoms with van der Waals surface area (Å²) >= 11 is 0.